The van der Waals surface area contributed by atoms with Crippen LogP contribution in [0.25, 0.3) is 0 Å². The number of carbonyl (C=O) groups excluding carboxylic acids is 3. The third-order valence-corrected chi connectivity index (χ3v) is 6.37. The second-order valence-electron chi connectivity index (χ2n) is 8.96. The van der Waals surface area contributed by atoms with Crippen molar-refractivity contribution in [2.75, 3.05) is 19.5 Å². The van der Waals surface area contributed by atoms with Gasteiger partial charge in [0.1, 0.15) is 23.3 Å². The van der Waals surface area contributed by atoms with Crippen LogP contribution in [0.1, 0.15) is 52.2 Å². The lowest BCUT2D eigenvalue weighted by atomic mass is 10.0. The van der Waals surface area contributed by atoms with E-state index in [4.69, 9.17) is 13.9 Å². The van der Waals surface area contributed by atoms with Gasteiger partial charge >= 0.3 is 0 Å². The SMILES string of the molecule is CCCC[C@H](NC(=O)[C@H](CC(C)C)NC(=O)COc1cccc(OC)c1)C(=O)CSCc1ccco1. The first-order valence-electron chi connectivity index (χ1n) is 12.3. The first kappa shape index (κ1) is 29.3. The molecule has 0 unspecified atom stereocenters. The zero-order valence-electron chi connectivity index (χ0n) is 21.6. The van der Waals surface area contributed by atoms with E-state index in [-0.39, 0.29) is 30.0 Å². The molecule has 2 amide bonds. The summed E-state index contributed by atoms with van der Waals surface area (Å²) in [6.07, 6.45) is 4.33. The number of rotatable bonds is 17. The molecule has 0 fully saturated rings. The number of ether oxygens (including phenoxy) is 2. The van der Waals surface area contributed by atoms with E-state index in [2.05, 4.69) is 10.6 Å². The Kier molecular flexibility index (Phi) is 13.0. The van der Waals surface area contributed by atoms with Gasteiger partial charge in [0.15, 0.2) is 12.4 Å². The van der Waals surface area contributed by atoms with E-state index in [0.29, 0.717) is 30.1 Å². The Morgan fingerprint density at radius 2 is 1.83 bits per heavy atom. The van der Waals surface area contributed by atoms with E-state index in [1.807, 2.05) is 32.9 Å². The molecule has 8 nitrogen and oxygen atoms in total. The largest absolute Gasteiger partial charge is 0.497 e. The highest BCUT2D eigenvalue weighted by Gasteiger charge is 2.27. The van der Waals surface area contributed by atoms with Crippen molar-refractivity contribution in [1.82, 2.24) is 10.6 Å². The van der Waals surface area contributed by atoms with Crippen molar-refractivity contribution in [3.05, 3.63) is 48.4 Å². The maximum atomic E-state index is 13.2. The molecule has 0 aliphatic rings. The minimum Gasteiger partial charge on any atom is -0.497 e. The number of hydrogen-bond donors (Lipinski definition) is 2. The molecule has 2 N–H and O–H groups in total. The molecule has 2 aromatic rings. The Hall–Kier alpha value is -2.94. The summed E-state index contributed by atoms with van der Waals surface area (Å²) in [5.41, 5.74) is 0. The van der Waals surface area contributed by atoms with Gasteiger partial charge in [-0.3, -0.25) is 14.4 Å². The number of ketones is 1. The number of nitrogens with one attached hydrogen (secondary N) is 2. The number of furan rings is 1. The number of Topliss-reactive ketones (excluding diaryl/α,β-unsaturated/α-hetero) is 1. The van der Waals surface area contributed by atoms with Crippen LogP contribution in [0.5, 0.6) is 11.5 Å². The van der Waals surface area contributed by atoms with Crippen molar-refractivity contribution in [2.24, 2.45) is 5.92 Å². The summed E-state index contributed by atoms with van der Waals surface area (Å²) in [4.78, 5) is 38.6. The molecule has 36 heavy (non-hydrogen) atoms. The Bertz CT molecular complexity index is 948. The molecule has 2 atom stereocenters. The van der Waals surface area contributed by atoms with Gasteiger partial charge in [-0.1, -0.05) is 39.7 Å². The number of benzene rings is 1. The van der Waals surface area contributed by atoms with Gasteiger partial charge in [-0.25, -0.2) is 0 Å². The lowest BCUT2D eigenvalue weighted by Crippen LogP contribution is -2.53. The van der Waals surface area contributed by atoms with Crippen LogP contribution in [0.3, 0.4) is 0 Å². The van der Waals surface area contributed by atoms with Gasteiger partial charge in [0.25, 0.3) is 5.91 Å². The standard InChI is InChI=1S/C27H38N2O6S/c1-5-6-12-23(25(30)18-36-17-22-11-8-13-34-22)29-27(32)24(14-19(2)3)28-26(31)16-35-21-10-7-9-20(15-21)33-4/h7-11,13,15,19,23-24H,5-6,12,14,16-18H2,1-4H3,(H,28,31)(H,29,32)/t23-,24-/m0/s1. The summed E-state index contributed by atoms with van der Waals surface area (Å²) in [5.74, 6) is 2.13. The summed E-state index contributed by atoms with van der Waals surface area (Å²) in [5, 5.41) is 5.67. The molecular weight excluding hydrogens is 480 g/mol. The molecule has 0 saturated carbocycles. The number of amides is 2. The molecule has 0 radical (unpaired) electrons. The highest BCUT2D eigenvalue weighted by Crippen LogP contribution is 2.19. The third-order valence-electron chi connectivity index (χ3n) is 5.39. The Labute approximate surface area is 217 Å². The van der Waals surface area contributed by atoms with Crippen LogP contribution < -0.4 is 20.1 Å². The maximum Gasteiger partial charge on any atom is 0.258 e. The average molecular weight is 519 g/mol. The van der Waals surface area contributed by atoms with Crippen molar-refractivity contribution in [3.63, 3.8) is 0 Å². The minimum absolute atomic E-state index is 0.0377. The normalized spacial score (nSPS) is 12.6. The predicted molar refractivity (Wildman–Crippen MR) is 141 cm³/mol. The summed E-state index contributed by atoms with van der Waals surface area (Å²) in [7, 11) is 1.55. The molecule has 198 valence electrons. The minimum atomic E-state index is -0.765. The van der Waals surface area contributed by atoms with Crippen LogP contribution in [0.2, 0.25) is 0 Å². The fourth-order valence-corrected chi connectivity index (χ4v) is 4.39. The van der Waals surface area contributed by atoms with Crippen LogP contribution in [-0.4, -0.2) is 49.2 Å². The number of hydrogen-bond acceptors (Lipinski definition) is 7. The highest BCUT2D eigenvalue weighted by molar-refractivity contribution is 7.99. The van der Waals surface area contributed by atoms with Crippen molar-refractivity contribution < 1.29 is 28.3 Å². The third kappa shape index (κ3) is 10.8. The monoisotopic (exact) mass is 518 g/mol. The Morgan fingerprint density at radius 1 is 1.06 bits per heavy atom. The molecule has 2 rings (SSSR count). The van der Waals surface area contributed by atoms with Crippen molar-refractivity contribution in [3.8, 4) is 11.5 Å². The highest BCUT2D eigenvalue weighted by atomic mass is 32.2. The van der Waals surface area contributed by atoms with E-state index in [1.165, 1.54) is 11.8 Å². The van der Waals surface area contributed by atoms with Crippen LogP contribution in [0.4, 0.5) is 0 Å². The van der Waals surface area contributed by atoms with Gasteiger partial charge in [0, 0.05) is 6.07 Å². The van der Waals surface area contributed by atoms with Gasteiger partial charge in [-0.2, -0.15) is 0 Å². The van der Waals surface area contributed by atoms with Crippen molar-refractivity contribution >= 4 is 29.4 Å². The van der Waals surface area contributed by atoms with Gasteiger partial charge < -0.3 is 24.5 Å². The fraction of sp³-hybridized carbons (Fsp3) is 0.519. The average Bonchev–Trinajstić information content (AvgIpc) is 3.38. The molecule has 1 heterocycles. The molecule has 0 aliphatic carbocycles. The molecule has 0 spiro atoms. The van der Waals surface area contributed by atoms with Crippen molar-refractivity contribution in [2.45, 2.75) is 64.3 Å². The maximum absolute atomic E-state index is 13.2. The molecule has 1 aromatic heterocycles. The van der Waals surface area contributed by atoms with Crippen LogP contribution in [-0.2, 0) is 20.1 Å². The summed E-state index contributed by atoms with van der Waals surface area (Å²) >= 11 is 1.45. The van der Waals surface area contributed by atoms with E-state index >= 15 is 0 Å². The lowest BCUT2D eigenvalue weighted by molar-refractivity contribution is -0.132. The van der Waals surface area contributed by atoms with E-state index in [1.54, 1.807) is 37.6 Å². The molecule has 0 bridgehead atoms. The quantitative estimate of drug-likeness (QED) is 0.320. The van der Waals surface area contributed by atoms with Gasteiger partial charge in [-0.15, -0.1) is 11.8 Å². The fourth-order valence-electron chi connectivity index (χ4n) is 3.52. The first-order valence-corrected chi connectivity index (χ1v) is 13.5. The van der Waals surface area contributed by atoms with Crippen LogP contribution in [0, 0.1) is 5.92 Å². The topological polar surface area (TPSA) is 107 Å². The second-order valence-corrected chi connectivity index (χ2v) is 9.94. The zero-order valence-corrected chi connectivity index (χ0v) is 22.4. The van der Waals surface area contributed by atoms with E-state index < -0.39 is 18.0 Å². The molecular formula is C27H38N2O6S. The zero-order chi connectivity index (χ0) is 26.3. The molecule has 1 aromatic carbocycles. The number of unbranched alkanes of at least 4 members (excludes halogenated alkanes) is 1. The Balaban J connectivity index is 1.94. The van der Waals surface area contributed by atoms with E-state index in [0.717, 1.165) is 18.6 Å². The predicted octanol–water partition coefficient (Wildman–Crippen LogP) is 4.38. The van der Waals surface area contributed by atoms with Gasteiger partial charge in [-0.05, 0) is 43.0 Å². The smallest absolute Gasteiger partial charge is 0.258 e. The van der Waals surface area contributed by atoms with Gasteiger partial charge in [0.05, 0.1) is 30.9 Å². The summed E-state index contributed by atoms with van der Waals surface area (Å²) < 4.78 is 16.0. The Morgan fingerprint density at radius 3 is 2.50 bits per heavy atom. The lowest BCUT2D eigenvalue weighted by Gasteiger charge is -2.24. The second kappa shape index (κ2) is 15.9. The van der Waals surface area contributed by atoms with Crippen LogP contribution in [0.15, 0.2) is 47.1 Å². The van der Waals surface area contributed by atoms with Crippen molar-refractivity contribution in [1.29, 1.82) is 0 Å². The summed E-state index contributed by atoms with van der Waals surface area (Å²) in [6.45, 7) is 5.75. The van der Waals surface area contributed by atoms with Crippen LogP contribution >= 0.6 is 11.8 Å². The molecule has 9 heteroatoms. The number of carbonyl (C=O) groups is 3. The first-order chi connectivity index (χ1) is 17.3. The molecule has 0 aliphatic heterocycles. The van der Waals surface area contributed by atoms with Gasteiger partial charge in [0.2, 0.25) is 5.91 Å². The summed E-state index contributed by atoms with van der Waals surface area (Å²) in [6, 6.07) is 9.27. The van der Waals surface area contributed by atoms with E-state index in [9.17, 15) is 14.4 Å². The number of thioether (sulfide) groups is 1. The number of methoxy groups -OCH3 is 1. The molecule has 0 saturated heterocycles.